The van der Waals surface area contributed by atoms with Crippen LogP contribution >= 0.6 is 0 Å². The molecule has 0 saturated carbocycles. The molecule has 0 unspecified atom stereocenters. The first-order chi connectivity index (χ1) is 7.11. The second-order valence-electron chi connectivity index (χ2n) is 2.92. The van der Waals surface area contributed by atoms with E-state index >= 15 is 0 Å². The van der Waals surface area contributed by atoms with Crippen LogP contribution in [-0.2, 0) is 11.2 Å². The molecule has 0 aliphatic carbocycles. The number of carbonyl (C=O) groups is 2. The molecule has 1 rings (SSSR count). The SMILES string of the molecule is C=CC(=O)Cc1cccc(OC(N)=O)c1. The van der Waals surface area contributed by atoms with Gasteiger partial charge >= 0.3 is 6.09 Å². The molecule has 15 heavy (non-hydrogen) atoms. The first-order valence-corrected chi connectivity index (χ1v) is 4.33. The van der Waals surface area contributed by atoms with E-state index in [1.54, 1.807) is 24.3 Å². The summed E-state index contributed by atoms with van der Waals surface area (Å²) in [5, 5.41) is 0. The average Bonchev–Trinajstić information content (AvgIpc) is 2.17. The third-order valence-electron chi connectivity index (χ3n) is 1.72. The minimum Gasteiger partial charge on any atom is -0.410 e. The van der Waals surface area contributed by atoms with Crippen LogP contribution in [0.1, 0.15) is 5.56 Å². The zero-order chi connectivity index (χ0) is 11.3. The fourth-order valence-corrected chi connectivity index (χ4v) is 1.11. The fraction of sp³-hybridized carbons (Fsp3) is 0.0909. The van der Waals surface area contributed by atoms with Gasteiger partial charge in [-0.1, -0.05) is 18.7 Å². The predicted octanol–water partition coefficient (Wildman–Crippen LogP) is 1.44. The summed E-state index contributed by atoms with van der Waals surface area (Å²) in [4.78, 5) is 21.5. The van der Waals surface area contributed by atoms with Crippen molar-refractivity contribution in [3.63, 3.8) is 0 Å². The van der Waals surface area contributed by atoms with Crippen molar-refractivity contribution in [2.45, 2.75) is 6.42 Å². The smallest absolute Gasteiger partial charge is 0.409 e. The molecule has 1 aromatic rings. The van der Waals surface area contributed by atoms with Crippen LogP contribution in [0.15, 0.2) is 36.9 Å². The number of benzene rings is 1. The second kappa shape index (κ2) is 4.95. The molecular formula is C11H11NO3. The van der Waals surface area contributed by atoms with Crippen LogP contribution in [0, 0.1) is 0 Å². The fourth-order valence-electron chi connectivity index (χ4n) is 1.11. The van der Waals surface area contributed by atoms with Gasteiger partial charge in [-0.3, -0.25) is 4.79 Å². The lowest BCUT2D eigenvalue weighted by molar-refractivity contribution is -0.114. The highest BCUT2D eigenvalue weighted by atomic mass is 16.5. The molecule has 0 aromatic heterocycles. The average molecular weight is 205 g/mol. The topological polar surface area (TPSA) is 69.4 Å². The van der Waals surface area contributed by atoms with E-state index in [0.29, 0.717) is 5.75 Å². The number of allylic oxidation sites excluding steroid dienone is 1. The number of ketones is 1. The van der Waals surface area contributed by atoms with E-state index in [1.807, 2.05) is 0 Å². The van der Waals surface area contributed by atoms with Crippen molar-refractivity contribution in [1.82, 2.24) is 0 Å². The quantitative estimate of drug-likeness (QED) is 0.756. The van der Waals surface area contributed by atoms with Gasteiger partial charge in [0.1, 0.15) is 5.75 Å². The summed E-state index contributed by atoms with van der Waals surface area (Å²) in [6.07, 6.45) is 0.614. The third kappa shape index (κ3) is 3.64. The Hall–Kier alpha value is -2.10. The van der Waals surface area contributed by atoms with Gasteiger partial charge in [-0.25, -0.2) is 4.79 Å². The Labute approximate surface area is 87.3 Å². The van der Waals surface area contributed by atoms with Crippen LogP contribution in [0.2, 0.25) is 0 Å². The zero-order valence-corrected chi connectivity index (χ0v) is 8.10. The van der Waals surface area contributed by atoms with Gasteiger partial charge in [0.05, 0.1) is 0 Å². The molecule has 0 saturated heterocycles. The minimum absolute atomic E-state index is 0.0915. The van der Waals surface area contributed by atoms with Crippen LogP contribution in [-0.4, -0.2) is 11.9 Å². The lowest BCUT2D eigenvalue weighted by atomic mass is 10.1. The first-order valence-electron chi connectivity index (χ1n) is 4.33. The molecule has 1 amide bonds. The normalized spacial score (nSPS) is 9.33. The van der Waals surface area contributed by atoms with Gasteiger partial charge in [-0.05, 0) is 23.8 Å². The van der Waals surface area contributed by atoms with E-state index in [1.165, 1.54) is 6.08 Å². The van der Waals surface area contributed by atoms with Crippen LogP contribution in [0.4, 0.5) is 4.79 Å². The maximum Gasteiger partial charge on any atom is 0.409 e. The van der Waals surface area contributed by atoms with Crippen molar-refractivity contribution in [1.29, 1.82) is 0 Å². The van der Waals surface area contributed by atoms with E-state index in [0.717, 1.165) is 5.56 Å². The molecule has 78 valence electrons. The molecule has 4 nitrogen and oxygen atoms in total. The molecule has 0 heterocycles. The van der Waals surface area contributed by atoms with Gasteiger partial charge in [-0.2, -0.15) is 0 Å². The number of rotatable bonds is 4. The Morgan fingerprint density at radius 1 is 1.47 bits per heavy atom. The molecule has 1 aromatic carbocycles. The number of carbonyl (C=O) groups excluding carboxylic acids is 2. The molecule has 0 bridgehead atoms. The van der Waals surface area contributed by atoms with Gasteiger partial charge in [-0.15, -0.1) is 0 Å². The van der Waals surface area contributed by atoms with Crippen molar-refractivity contribution in [3.8, 4) is 5.75 Å². The number of primary amides is 1. The van der Waals surface area contributed by atoms with Gasteiger partial charge in [0, 0.05) is 6.42 Å². The highest BCUT2D eigenvalue weighted by Crippen LogP contribution is 2.13. The number of amides is 1. The summed E-state index contributed by atoms with van der Waals surface area (Å²) in [7, 11) is 0. The van der Waals surface area contributed by atoms with Crippen molar-refractivity contribution in [3.05, 3.63) is 42.5 Å². The molecule has 0 fully saturated rings. The summed E-state index contributed by atoms with van der Waals surface area (Å²) >= 11 is 0. The standard InChI is InChI=1S/C11H11NO3/c1-2-9(13)6-8-4-3-5-10(7-8)15-11(12)14/h2-5,7H,1,6H2,(H2,12,14). The molecule has 4 heteroatoms. The third-order valence-corrected chi connectivity index (χ3v) is 1.72. The summed E-state index contributed by atoms with van der Waals surface area (Å²) in [6, 6.07) is 6.62. The van der Waals surface area contributed by atoms with Crippen LogP contribution in [0.5, 0.6) is 5.75 Å². The van der Waals surface area contributed by atoms with Crippen LogP contribution < -0.4 is 10.5 Å². The van der Waals surface area contributed by atoms with Crippen LogP contribution in [0.3, 0.4) is 0 Å². The first kappa shape index (κ1) is 11.0. The molecule has 0 aliphatic heterocycles. The van der Waals surface area contributed by atoms with E-state index in [-0.39, 0.29) is 12.2 Å². The van der Waals surface area contributed by atoms with Gasteiger partial charge in [0.25, 0.3) is 0 Å². The second-order valence-corrected chi connectivity index (χ2v) is 2.92. The molecular weight excluding hydrogens is 194 g/mol. The van der Waals surface area contributed by atoms with Crippen molar-refractivity contribution < 1.29 is 14.3 Å². The zero-order valence-electron chi connectivity index (χ0n) is 8.10. The van der Waals surface area contributed by atoms with Gasteiger partial charge < -0.3 is 10.5 Å². The summed E-state index contributed by atoms with van der Waals surface area (Å²) in [5.74, 6) is 0.239. The summed E-state index contributed by atoms with van der Waals surface area (Å²) in [5.41, 5.74) is 5.61. The highest BCUT2D eigenvalue weighted by molar-refractivity contribution is 5.90. The number of hydrogen-bond donors (Lipinski definition) is 1. The van der Waals surface area contributed by atoms with E-state index in [4.69, 9.17) is 5.73 Å². The summed E-state index contributed by atoms with van der Waals surface area (Å²) < 4.78 is 4.67. The largest absolute Gasteiger partial charge is 0.410 e. The lowest BCUT2D eigenvalue weighted by Gasteiger charge is -2.02. The number of ether oxygens (including phenoxy) is 1. The van der Waals surface area contributed by atoms with Gasteiger partial charge in [0.2, 0.25) is 0 Å². The van der Waals surface area contributed by atoms with Crippen molar-refractivity contribution >= 4 is 11.9 Å². The lowest BCUT2D eigenvalue weighted by Crippen LogP contribution is -2.16. The van der Waals surface area contributed by atoms with E-state index in [2.05, 4.69) is 11.3 Å². The van der Waals surface area contributed by atoms with E-state index in [9.17, 15) is 9.59 Å². The Morgan fingerprint density at radius 2 is 2.20 bits per heavy atom. The van der Waals surface area contributed by atoms with E-state index < -0.39 is 6.09 Å². The molecule has 0 atom stereocenters. The highest BCUT2D eigenvalue weighted by Gasteiger charge is 2.02. The Bertz CT molecular complexity index is 399. The van der Waals surface area contributed by atoms with Crippen molar-refractivity contribution in [2.24, 2.45) is 5.73 Å². The minimum atomic E-state index is -0.873. The molecule has 2 N–H and O–H groups in total. The Balaban J connectivity index is 2.78. The Kier molecular flexibility index (Phi) is 3.62. The van der Waals surface area contributed by atoms with Crippen molar-refractivity contribution in [2.75, 3.05) is 0 Å². The summed E-state index contributed by atoms with van der Waals surface area (Å²) in [6.45, 7) is 3.37. The molecule has 0 radical (unpaired) electrons. The number of hydrogen-bond acceptors (Lipinski definition) is 3. The van der Waals surface area contributed by atoms with Crippen LogP contribution in [0.25, 0.3) is 0 Å². The number of nitrogens with two attached hydrogens (primary N) is 1. The monoisotopic (exact) mass is 205 g/mol. The maximum atomic E-state index is 11.1. The predicted molar refractivity (Wildman–Crippen MR) is 55.6 cm³/mol. The molecule has 0 aliphatic rings. The molecule has 0 spiro atoms. The Morgan fingerprint density at radius 3 is 2.80 bits per heavy atom. The van der Waals surface area contributed by atoms with Gasteiger partial charge in [0.15, 0.2) is 5.78 Å². The maximum absolute atomic E-state index is 11.1.